The Bertz CT molecular complexity index is 905. The quantitative estimate of drug-likeness (QED) is 0.578. The fraction of sp³-hybridized carbons (Fsp3) is 0.450. The number of carbonyl (C=O) groups is 1. The van der Waals surface area contributed by atoms with E-state index in [1.54, 1.807) is 38.3 Å². The zero-order valence-electron chi connectivity index (χ0n) is 16.4. The van der Waals surface area contributed by atoms with Crippen molar-refractivity contribution in [2.45, 2.75) is 32.3 Å². The van der Waals surface area contributed by atoms with Gasteiger partial charge in [-0.15, -0.1) is 0 Å². The van der Waals surface area contributed by atoms with Gasteiger partial charge >= 0.3 is 5.97 Å². The Morgan fingerprint density at radius 1 is 1.32 bits per heavy atom. The molecule has 1 atom stereocenters. The van der Waals surface area contributed by atoms with Gasteiger partial charge in [-0.25, -0.2) is 4.68 Å². The van der Waals surface area contributed by atoms with Crippen LogP contribution in [0.5, 0.6) is 5.75 Å². The van der Waals surface area contributed by atoms with Crippen LogP contribution < -0.4 is 10.3 Å². The molecule has 0 unspecified atom stereocenters. The zero-order chi connectivity index (χ0) is 20.1. The van der Waals surface area contributed by atoms with Crippen molar-refractivity contribution >= 4 is 11.7 Å². The number of hydrogen-bond acceptors (Lipinski definition) is 6. The number of hydrogen-bond donors (Lipinski definition) is 1. The van der Waals surface area contributed by atoms with E-state index < -0.39 is 5.97 Å². The summed E-state index contributed by atoms with van der Waals surface area (Å²) >= 11 is 0. The number of aromatic amines is 1. The molecule has 8 nitrogen and oxygen atoms in total. The van der Waals surface area contributed by atoms with E-state index in [1.165, 1.54) is 11.8 Å². The normalized spacial score (nSPS) is 17.0. The molecule has 1 N–H and O–H groups in total. The lowest BCUT2D eigenvalue weighted by atomic mass is 10.1. The number of carbonyl (C=O) groups excluding carboxylic acids is 1. The van der Waals surface area contributed by atoms with Crippen molar-refractivity contribution in [2.24, 2.45) is 4.99 Å². The smallest absolute Gasteiger partial charge is 0.311 e. The Hall–Kier alpha value is -2.87. The first-order chi connectivity index (χ1) is 13.5. The third kappa shape index (κ3) is 4.33. The van der Waals surface area contributed by atoms with Gasteiger partial charge in [0.2, 0.25) is 0 Å². The van der Waals surface area contributed by atoms with Crippen LogP contribution in [0.15, 0.2) is 34.1 Å². The Morgan fingerprint density at radius 2 is 2.07 bits per heavy atom. The lowest BCUT2D eigenvalue weighted by Crippen LogP contribution is -2.21. The lowest BCUT2D eigenvalue weighted by molar-refractivity contribution is -0.139. The summed E-state index contributed by atoms with van der Waals surface area (Å²) in [7, 11) is 2.90. The highest BCUT2D eigenvalue weighted by atomic mass is 16.5. The topological polar surface area (TPSA) is 94.9 Å². The molecule has 0 saturated carbocycles. The summed E-state index contributed by atoms with van der Waals surface area (Å²) in [6, 6.07) is 7.06. The van der Waals surface area contributed by atoms with Crippen molar-refractivity contribution in [3.63, 3.8) is 0 Å². The minimum atomic E-state index is -0.434. The largest absolute Gasteiger partial charge is 0.497 e. The maximum absolute atomic E-state index is 13.1. The average Bonchev–Trinajstić information content (AvgIpc) is 3.34. The first-order valence-electron chi connectivity index (χ1n) is 9.21. The predicted molar refractivity (Wildman–Crippen MR) is 105 cm³/mol. The number of nitrogens with zero attached hydrogens (tertiary/aromatic N) is 2. The molecule has 0 spiro atoms. The van der Waals surface area contributed by atoms with Gasteiger partial charge in [-0.1, -0.05) is 0 Å². The fourth-order valence-corrected chi connectivity index (χ4v) is 3.22. The number of H-pyrrole nitrogens is 1. The van der Waals surface area contributed by atoms with Gasteiger partial charge in [-0.05, 0) is 44.0 Å². The molecule has 2 heterocycles. The third-order valence-corrected chi connectivity index (χ3v) is 4.76. The van der Waals surface area contributed by atoms with Crippen molar-refractivity contribution in [1.29, 1.82) is 0 Å². The second-order valence-corrected chi connectivity index (χ2v) is 6.62. The van der Waals surface area contributed by atoms with E-state index >= 15 is 0 Å². The first kappa shape index (κ1) is 19.9. The molecule has 150 valence electrons. The van der Waals surface area contributed by atoms with Crippen LogP contribution in [0.4, 0.5) is 0 Å². The molecule has 28 heavy (non-hydrogen) atoms. The van der Waals surface area contributed by atoms with Gasteiger partial charge in [0, 0.05) is 12.3 Å². The van der Waals surface area contributed by atoms with Crippen LogP contribution in [0, 0.1) is 0 Å². The van der Waals surface area contributed by atoms with Crippen molar-refractivity contribution in [2.75, 3.05) is 27.4 Å². The number of nitrogens with one attached hydrogen (secondary N) is 1. The predicted octanol–water partition coefficient (Wildman–Crippen LogP) is 1.88. The standard InChI is InChI=1S/C20H25N3O5/c1-13(21-12-16-5-4-10-28-16)19-17(11-18(24)27-3)22-23(20(19)25)14-6-8-15(26-2)9-7-14/h6-9,16,22H,4-5,10-12H2,1-3H3/t16-/m0/s1. The first-order valence-corrected chi connectivity index (χ1v) is 9.21. The lowest BCUT2D eigenvalue weighted by Gasteiger charge is -2.06. The van der Waals surface area contributed by atoms with E-state index in [1.807, 2.05) is 0 Å². The molecule has 3 rings (SSSR count). The summed E-state index contributed by atoms with van der Waals surface area (Å²) in [5.74, 6) is 0.254. The number of methoxy groups -OCH3 is 2. The van der Waals surface area contributed by atoms with E-state index in [9.17, 15) is 9.59 Å². The Balaban J connectivity index is 1.97. The number of aromatic nitrogens is 2. The van der Waals surface area contributed by atoms with E-state index in [2.05, 4.69) is 10.1 Å². The third-order valence-electron chi connectivity index (χ3n) is 4.76. The highest BCUT2D eigenvalue weighted by molar-refractivity contribution is 6.00. The van der Waals surface area contributed by atoms with Crippen molar-refractivity contribution in [3.8, 4) is 11.4 Å². The molecule has 0 amide bonds. The number of ether oxygens (including phenoxy) is 3. The summed E-state index contributed by atoms with van der Waals surface area (Å²) in [6.45, 7) is 3.02. The number of aliphatic imine (C=N–C) groups is 1. The Labute approximate surface area is 163 Å². The Morgan fingerprint density at radius 3 is 2.68 bits per heavy atom. The number of rotatable bonds is 7. The van der Waals surface area contributed by atoms with E-state index in [4.69, 9.17) is 14.2 Å². The second-order valence-electron chi connectivity index (χ2n) is 6.62. The summed E-state index contributed by atoms with van der Waals surface area (Å²) in [5, 5.41) is 3.03. The molecule has 1 aliphatic heterocycles. The molecule has 0 bridgehead atoms. The molecule has 1 aromatic carbocycles. The molecule has 0 radical (unpaired) electrons. The monoisotopic (exact) mass is 387 g/mol. The van der Waals surface area contributed by atoms with Gasteiger partial charge in [0.1, 0.15) is 5.75 Å². The van der Waals surface area contributed by atoms with E-state index in [-0.39, 0.29) is 18.1 Å². The van der Waals surface area contributed by atoms with Crippen LogP contribution in [0.2, 0.25) is 0 Å². The van der Waals surface area contributed by atoms with Crippen molar-refractivity contribution in [1.82, 2.24) is 9.78 Å². The minimum Gasteiger partial charge on any atom is -0.497 e. The van der Waals surface area contributed by atoms with Crippen LogP contribution in [0.25, 0.3) is 5.69 Å². The highest BCUT2D eigenvalue weighted by Gasteiger charge is 2.21. The van der Waals surface area contributed by atoms with Crippen LogP contribution in [0.3, 0.4) is 0 Å². The molecule has 0 aliphatic carbocycles. The number of benzene rings is 1. The fourth-order valence-electron chi connectivity index (χ4n) is 3.22. The summed E-state index contributed by atoms with van der Waals surface area (Å²) < 4.78 is 16.9. The van der Waals surface area contributed by atoms with Crippen LogP contribution in [-0.4, -0.2) is 54.9 Å². The highest BCUT2D eigenvalue weighted by Crippen LogP contribution is 2.16. The molecule has 1 fully saturated rings. The number of esters is 1. The molecule has 8 heteroatoms. The van der Waals surface area contributed by atoms with Gasteiger partial charge in [-0.2, -0.15) is 0 Å². The SMILES string of the molecule is COC(=O)Cc1[nH]n(-c2ccc(OC)cc2)c(=O)c1C(C)=NC[C@@H]1CCCO1. The maximum atomic E-state index is 13.1. The van der Waals surface area contributed by atoms with Gasteiger partial charge in [0.05, 0.1) is 50.2 Å². The van der Waals surface area contributed by atoms with Gasteiger partial charge in [0.15, 0.2) is 0 Å². The molecular formula is C20H25N3O5. The minimum absolute atomic E-state index is 0.0446. The molecule has 2 aromatic rings. The van der Waals surface area contributed by atoms with Crippen LogP contribution in [-0.2, 0) is 20.7 Å². The molecular weight excluding hydrogens is 362 g/mol. The molecule has 1 aliphatic rings. The summed E-state index contributed by atoms with van der Waals surface area (Å²) in [4.78, 5) is 29.5. The van der Waals surface area contributed by atoms with Crippen molar-refractivity contribution < 1.29 is 19.0 Å². The zero-order valence-corrected chi connectivity index (χ0v) is 16.4. The van der Waals surface area contributed by atoms with Gasteiger partial charge in [0.25, 0.3) is 5.56 Å². The maximum Gasteiger partial charge on any atom is 0.311 e. The van der Waals surface area contributed by atoms with Crippen LogP contribution >= 0.6 is 0 Å². The second kappa shape index (κ2) is 8.88. The van der Waals surface area contributed by atoms with E-state index in [0.717, 1.165) is 19.4 Å². The average molecular weight is 387 g/mol. The van der Waals surface area contributed by atoms with Crippen LogP contribution in [0.1, 0.15) is 31.0 Å². The van der Waals surface area contributed by atoms with Crippen molar-refractivity contribution in [3.05, 3.63) is 45.9 Å². The molecule has 1 saturated heterocycles. The summed E-state index contributed by atoms with van der Waals surface area (Å²) in [6.07, 6.45) is 2.04. The van der Waals surface area contributed by atoms with Gasteiger partial charge in [-0.3, -0.25) is 19.7 Å². The van der Waals surface area contributed by atoms with E-state index in [0.29, 0.717) is 35.0 Å². The summed E-state index contributed by atoms with van der Waals surface area (Å²) in [5.41, 5.74) is 1.80. The van der Waals surface area contributed by atoms with Gasteiger partial charge < -0.3 is 14.2 Å². The Kier molecular flexibility index (Phi) is 6.30. The molecule has 1 aromatic heterocycles.